The molecule has 0 unspecified atom stereocenters. The van der Waals surface area contributed by atoms with E-state index in [1.165, 1.54) is 36.4 Å². The maximum Gasteiger partial charge on any atom is 0.416 e. The minimum absolute atomic E-state index is 0.0224. The Morgan fingerprint density at radius 3 is 0.951 bits per heavy atom. The second-order valence-electron chi connectivity index (χ2n) is 18.7. The van der Waals surface area contributed by atoms with E-state index >= 15 is 0 Å². The van der Waals surface area contributed by atoms with Gasteiger partial charge in [-0.25, -0.2) is 15.0 Å². The minimum atomic E-state index is -5.23. The summed E-state index contributed by atoms with van der Waals surface area (Å²) in [7, 11) is 0. The molecule has 11 rings (SSSR count). The Morgan fingerprint density at radius 2 is 0.630 bits per heavy atom. The molecule has 0 spiro atoms. The topological polar surface area (TPSA) is 91.2 Å². The van der Waals surface area contributed by atoms with Crippen molar-refractivity contribution in [3.63, 3.8) is 0 Å². The van der Waals surface area contributed by atoms with Gasteiger partial charge >= 0.3 is 24.7 Å². The first-order chi connectivity index (χ1) is 38.5. The third-order valence-electron chi connectivity index (χ3n) is 13.5. The van der Waals surface area contributed by atoms with Gasteiger partial charge in [0.15, 0.2) is 17.5 Å². The highest BCUT2D eigenvalue weighted by Gasteiger charge is 2.39. The summed E-state index contributed by atoms with van der Waals surface area (Å²) in [5.74, 6) is 0.807. The van der Waals surface area contributed by atoms with Crippen LogP contribution in [0.5, 0.6) is 0 Å². The fourth-order valence-electron chi connectivity index (χ4n) is 9.70. The van der Waals surface area contributed by atoms with Gasteiger partial charge in [0.2, 0.25) is 0 Å². The molecule has 0 fully saturated rings. The van der Waals surface area contributed by atoms with Crippen molar-refractivity contribution < 1.29 is 52.7 Å². The lowest BCUT2D eigenvalue weighted by Gasteiger charge is -2.21. The van der Waals surface area contributed by atoms with Gasteiger partial charge in [-0.2, -0.15) is 63.2 Å². The summed E-state index contributed by atoms with van der Waals surface area (Å²) in [6.07, 6.45) is -20.9. The first-order valence-electron chi connectivity index (χ1n) is 24.3. The number of hydrogen-bond acceptors (Lipinski definition) is 5. The molecule has 0 bridgehead atoms. The Hall–Kier alpha value is -10.1. The molecule has 0 aliphatic carbocycles. The van der Waals surface area contributed by atoms with E-state index in [0.717, 1.165) is 0 Å². The summed E-state index contributed by atoms with van der Waals surface area (Å²) in [6, 6.07) is 49.1. The molecule has 0 N–H and O–H groups in total. The summed E-state index contributed by atoms with van der Waals surface area (Å²) >= 11 is 0. The Balaban J connectivity index is 1.27. The summed E-state index contributed by atoms with van der Waals surface area (Å²) in [5, 5.41) is 20.0. The van der Waals surface area contributed by atoms with E-state index in [1.54, 1.807) is 65.2 Å². The Morgan fingerprint density at radius 1 is 0.309 bits per heavy atom. The number of fused-ring (bicyclic) bond motifs is 3. The molecule has 11 aromatic rings. The number of alkyl halides is 12. The van der Waals surface area contributed by atoms with Gasteiger partial charge in [0, 0.05) is 38.6 Å². The van der Waals surface area contributed by atoms with E-state index in [-0.39, 0.29) is 62.0 Å². The van der Waals surface area contributed by atoms with Crippen LogP contribution in [0, 0.1) is 22.7 Å². The molecule has 81 heavy (non-hydrogen) atoms. The van der Waals surface area contributed by atoms with Crippen LogP contribution in [0.3, 0.4) is 0 Å². The van der Waals surface area contributed by atoms with Crippen molar-refractivity contribution in [2.75, 3.05) is 0 Å². The average Bonchev–Trinajstić information content (AvgIpc) is 4.08. The fourth-order valence-corrected chi connectivity index (χ4v) is 9.70. The minimum Gasteiger partial charge on any atom is -0.308 e. The van der Waals surface area contributed by atoms with Gasteiger partial charge in [-0.05, 0) is 130 Å². The van der Waals surface area contributed by atoms with Gasteiger partial charge in [-0.3, -0.25) is 0 Å². The summed E-state index contributed by atoms with van der Waals surface area (Å²) in [5.41, 5.74) is -2.90. The monoisotopic (exact) mass is 1100 g/mol. The van der Waals surface area contributed by atoms with Gasteiger partial charge < -0.3 is 4.57 Å². The van der Waals surface area contributed by atoms with Gasteiger partial charge in [0.1, 0.15) is 0 Å². The molecular formula is C63H32F12N6. The molecule has 0 atom stereocenters. The van der Waals surface area contributed by atoms with E-state index in [2.05, 4.69) is 12.1 Å². The fraction of sp³-hybridized carbons (Fsp3) is 0.0635. The maximum atomic E-state index is 14.3. The van der Waals surface area contributed by atoms with Crippen molar-refractivity contribution in [3.05, 3.63) is 228 Å². The third-order valence-corrected chi connectivity index (χ3v) is 13.5. The zero-order valence-corrected chi connectivity index (χ0v) is 41.2. The molecule has 398 valence electrons. The average molecular weight is 1100 g/mol. The summed E-state index contributed by atoms with van der Waals surface area (Å²) in [4.78, 5) is 14.8. The quantitative estimate of drug-likeness (QED) is 0.141. The molecule has 2 heterocycles. The molecular weight excluding hydrogens is 1070 g/mol. The molecule has 0 aliphatic heterocycles. The molecule has 0 saturated carbocycles. The van der Waals surface area contributed by atoms with Crippen LogP contribution in [-0.4, -0.2) is 19.5 Å². The zero-order chi connectivity index (χ0) is 57.2. The predicted molar refractivity (Wildman–Crippen MR) is 282 cm³/mol. The van der Waals surface area contributed by atoms with Crippen LogP contribution in [0.25, 0.3) is 106 Å². The third kappa shape index (κ3) is 10.4. The number of halogens is 12. The first-order valence-corrected chi connectivity index (χ1v) is 24.3. The Bertz CT molecular complexity index is 4010. The lowest BCUT2D eigenvalue weighted by atomic mass is 9.91. The van der Waals surface area contributed by atoms with E-state index in [4.69, 9.17) is 15.0 Å². The van der Waals surface area contributed by atoms with Crippen molar-refractivity contribution in [1.82, 2.24) is 19.5 Å². The number of nitrogens with zero attached hydrogens (tertiary/aromatic N) is 6. The largest absolute Gasteiger partial charge is 0.416 e. The standard InChI is InChI=1S/C63H32F12N6/c64-60(65,66)46-23-43(24-47(31-46)61(67,68)69)41-19-21-54-52(27-41)53-28-42(44-25-48(62(70,71)72)32-49(26-44)63(73,74)75)20-22-55(53)81(54)56-50(37-15-11-35(33-76)12-16-37)29-45(30-51(56)38-17-13-36(34-77)14-18-38)59-79-57(39-7-3-1-4-8-39)78-58(80-59)40-9-5-2-6-10-40/h1-32H. The van der Waals surface area contributed by atoms with Crippen molar-refractivity contribution in [2.45, 2.75) is 24.7 Å². The van der Waals surface area contributed by atoms with Crippen molar-refractivity contribution in [3.8, 4) is 96.5 Å². The van der Waals surface area contributed by atoms with Crippen molar-refractivity contribution in [1.29, 1.82) is 10.5 Å². The van der Waals surface area contributed by atoms with Crippen molar-refractivity contribution in [2.24, 2.45) is 0 Å². The molecule has 0 saturated heterocycles. The summed E-state index contributed by atoms with van der Waals surface area (Å²) in [6.45, 7) is 0. The van der Waals surface area contributed by atoms with Gasteiger partial charge in [-0.15, -0.1) is 0 Å². The van der Waals surface area contributed by atoms with Gasteiger partial charge in [-0.1, -0.05) is 97.1 Å². The molecule has 0 amide bonds. The van der Waals surface area contributed by atoms with Crippen LogP contribution in [0.2, 0.25) is 0 Å². The normalized spacial score (nSPS) is 12.2. The van der Waals surface area contributed by atoms with E-state index in [1.807, 2.05) is 60.7 Å². The number of hydrogen-bond donors (Lipinski definition) is 0. The van der Waals surface area contributed by atoms with Gasteiger partial charge in [0.05, 0.1) is 62.2 Å². The zero-order valence-electron chi connectivity index (χ0n) is 41.2. The van der Waals surface area contributed by atoms with E-state index in [0.29, 0.717) is 80.5 Å². The van der Waals surface area contributed by atoms with Crippen LogP contribution >= 0.6 is 0 Å². The van der Waals surface area contributed by atoms with Crippen LogP contribution in [0.4, 0.5) is 52.7 Å². The maximum absolute atomic E-state index is 14.3. The number of nitriles is 2. The lowest BCUT2D eigenvalue weighted by molar-refractivity contribution is -0.144. The van der Waals surface area contributed by atoms with Crippen LogP contribution in [0.15, 0.2) is 194 Å². The Kier molecular flexibility index (Phi) is 13.1. The van der Waals surface area contributed by atoms with E-state index in [9.17, 15) is 63.2 Å². The first kappa shape index (κ1) is 53.0. The molecule has 6 nitrogen and oxygen atoms in total. The second-order valence-corrected chi connectivity index (χ2v) is 18.7. The Labute approximate surface area is 451 Å². The molecule has 9 aromatic carbocycles. The highest BCUT2D eigenvalue weighted by molar-refractivity contribution is 6.13. The lowest BCUT2D eigenvalue weighted by Crippen LogP contribution is -2.11. The highest BCUT2D eigenvalue weighted by atomic mass is 19.4. The predicted octanol–water partition coefficient (Wildman–Crippen LogP) is 18.5. The molecule has 0 aliphatic rings. The van der Waals surface area contributed by atoms with Gasteiger partial charge in [0.25, 0.3) is 0 Å². The van der Waals surface area contributed by atoms with Crippen LogP contribution in [0.1, 0.15) is 33.4 Å². The number of aromatic nitrogens is 4. The van der Waals surface area contributed by atoms with Crippen LogP contribution < -0.4 is 0 Å². The second kappa shape index (κ2) is 20.0. The highest BCUT2D eigenvalue weighted by Crippen LogP contribution is 2.47. The molecule has 2 aromatic heterocycles. The summed E-state index contributed by atoms with van der Waals surface area (Å²) < 4.78 is 174. The SMILES string of the molecule is N#Cc1ccc(-c2cc(-c3nc(-c4ccccc4)nc(-c4ccccc4)n3)cc(-c3ccc(C#N)cc3)c2-n2c3ccc(-c4cc(C(F)(F)F)cc(C(F)(F)F)c4)cc3c3cc(-c4cc(C(F)(F)F)cc(C(F)(F)F)c4)ccc32)cc1. The molecule has 18 heteroatoms. The molecule has 0 radical (unpaired) electrons. The van der Waals surface area contributed by atoms with Crippen LogP contribution in [-0.2, 0) is 24.7 Å². The number of benzene rings is 9. The smallest absolute Gasteiger partial charge is 0.308 e. The van der Waals surface area contributed by atoms with E-state index < -0.39 is 58.1 Å². The number of rotatable bonds is 8. The van der Waals surface area contributed by atoms with Crippen molar-refractivity contribution >= 4 is 21.8 Å².